The van der Waals surface area contributed by atoms with E-state index in [0.29, 0.717) is 12.3 Å². The van der Waals surface area contributed by atoms with Crippen molar-refractivity contribution in [1.29, 1.82) is 0 Å². The van der Waals surface area contributed by atoms with E-state index in [-0.39, 0.29) is 5.41 Å². The molecule has 0 bridgehead atoms. The van der Waals surface area contributed by atoms with Crippen LogP contribution in [0.5, 0.6) is 0 Å². The van der Waals surface area contributed by atoms with Crippen molar-refractivity contribution in [2.24, 2.45) is 5.41 Å². The second-order valence-corrected chi connectivity index (χ2v) is 3.38. The van der Waals surface area contributed by atoms with Crippen molar-refractivity contribution >= 4 is 5.78 Å². The summed E-state index contributed by atoms with van der Waals surface area (Å²) in [4.78, 5) is 13.2. The molecule has 1 saturated heterocycles. The second kappa shape index (κ2) is 1.37. The van der Waals surface area contributed by atoms with Gasteiger partial charge >= 0.3 is 0 Å². The van der Waals surface area contributed by atoms with Gasteiger partial charge in [-0.25, -0.2) is 0 Å². The third-order valence-corrected chi connectivity index (χ3v) is 2.43. The van der Waals surface area contributed by atoms with Gasteiger partial charge in [-0.05, 0) is 19.9 Å². The quantitative estimate of drug-likeness (QED) is 0.463. The highest BCUT2D eigenvalue weighted by Gasteiger charge is 2.53. The lowest BCUT2D eigenvalue weighted by atomic mass is 10.1. The highest BCUT2D eigenvalue weighted by atomic mass is 16.1. The first-order chi connectivity index (χ1) is 4.23. The first kappa shape index (κ1) is 5.42. The molecule has 0 radical (unpaired) electrons. The highest BCUT2D eigenvalue weighted by molar-refractivity contribution is 5.91. The monoisotopic (exact) mass is 125 g/mol. The lowest BCUT2D eigenvalue weighted by molar-refractivity contribution is -0.120. The lowest BCUT2D eigenvalue weighted by Gasteiger charge is -2.03. The number of likely N-dealkylation sites (N-methyl/N-ethyl adjacent to an activating group) is 1. The van der Waals surface area contributed by atoms with Crippen molar-refractivity contribution in [3.63, 3.8) is 0 Å². The van der Waals surface area contributed by atoms with Gasteiger partial charge in [0.05, 0.1) is 6.54 Å². The molecule has 2 heteroatoms. The van der Waals surface area contributed by atoms with E-state index in [2.05, 4.69) is 4.90 Å². The maximum atomic E-state index is 11.1. The van der Waals surface area contributed by atoms with E-state index in [0.717, 1.165) is 19.4 Å². The Morgan fingerprint density at radius 3 is 2.44 bits per heavy atom. The van der Waals surface area contributed by atoms with E-state index in [1.165, 1.54) is 0 Å². The van der Waals surface area contributed by atoms with Gasteiger partial charge in [-0.15, -0.1) is 0 Å². The van der Waals surface area contributed by atoms with Gasteiger partial charge in [-0.1, -0.05) is 0 Å². The van der Waals surface area contributed by atoms with Crippen molar-refractivity contribution in [2.75, 3.05) is 20.1 Å². The topological polar surface area (TPSA) is 20.3 Å². The molecule has 1 saturated carbocycles. The molecule has 2 fully saturated rings. The number of nitrogens with zero attached hydrogens (tertiary/aromatic N) is 1. The fourth-order valence-electron chi connectivity index (χ4n) is 1.66. The Hall–Kier alpha value is -0.370. The normalized spacial score (nSPS) is 31.9. The molecular weight excluding hydrogens is 114 g/mol. The Bertz CT molecular complexity index is 160. The van der Waals surface area contributed by atoms with Gasteiger partial charge in [0.15, 0.2) is 5.78 Å². The molecule has 0 atom stereocenters. The van der Waals surface area contributed by atoms with Gasteiger partial charge in [-0.3, -0.25) is 9.69 Å². The van der Waals surface area contributed by atoms with Gasteiger partial charge in [0.25, 0.3) is 0 Å². The van der Waals surface area contributed by atoms with Crippen molar-refractivity contribution in [1.82, 2.24) is 4.90 Å². The Morgan fingerprint density at radius 1 is 1.56 bits per heavy atom. The summed E-state index contributed by atoms with van der Waals surface area (Å²) in [6.07, 6.45) is 2.30. The van der Waals surface area contributed by atoms with Crippen LogP contribution in [0, 0.1) is 5.41 Å². The van der Waals surface area contributed by atoms with Crippen LogP contribution in [-0.2, 0) is 4.79 Å². The van der Waals surface area contributed by atoms with Crippen LogP contribution in [0.25, 0.3) is 0 Å². The second-order valence-electron chi connectivity index (χ2n) is 3.38. The summed E-state index contributed by atoms with van der Waals surface area (Å²) in [5.41, 5.74) is 0.161. The van der Waals surface area contributed by atoms with Crippen LogP contribution >= 0.6 is 0 Å². The fourth-order valence-corrected chi connectivity index (χ4v) is 1.66. The van der Waals surface area contributed by atoms with E-state index in [4.69, 9.17) is 0 Å². The number of likely N-dealkylation sites (tertiary alicyclic amines) is 1. The molecule has 0 N–H and O–H groups in total. The Morgan fingerprint density at radius 2 is 2.22 bits per heavy atom. The number of Topliss-reactive ketones (excluding diaryl/α,β-unsaturated/α-hetero) is 1. The molecule has 1 aliphatic heterocycles. The van der Waals surface area contributed by atoms with E-state index in [1.807, 2.05) is 7.05 Å². The van der Waals surface area contributed by atoms with Gasteiger partial charge in [0, 0.05) is 12.0 Å². The molecule has 0 aromatic carbocycles. The summed E-state index contributed by atoms with van der Waals surface area (Å²) in [6.45, 7) is 1.71. The molecule has 0 aromatic heterocycles. The molecule has 50 valence electrons. The molecule has 0 aromatic rings. The summed E-state index contributed by atoms with van der Waals surface area (Å²) >= 11 is 0. The molecule has 0 amide bonds. The number of carbonyl (C=O) groups is 1. The van der Waals surface area contributed by atoms with Crippen LogP contribution in [0.15, 0.2) is 0 Å². The standard InChI is InChI=1S/C7H11NO/c1-8-4-6(9)7(5-8)2-3-7/h2-5H2,1H3. The van der Waals surface area contributed by atoms with Crippen molar-refractivity contribution < 1.29 is 4.79 Å². The van der Waals surface area contributed by atoms with Crippen molar-refractivity contribution in [2.45, 2.75) is 12.8 Å². The zero-order chi connectivity index (χ0) is 6.48. The zero-order valence-corrected chi connectivity index (χ0v) is 5.68. The smallest absolute Gasteiger partial charge is 0.154 e. The molecule has 0 unspecified atom stereocenters. The van der Waals surface area contributed by atoms with Crippen LogP contribution in [0.3, 0.4) is 0 Å². The summed E-state index contributed by atoms with van der Waals surface area (Å²) < 4.78 is 0. The third kappa shape index (κ3) is 0.628. The van der Waals surface area contributed by atoms with Crippen LogP contribution in [0.2, 0.25) is 0 Å². The predicted molar refractivity (Wildman–Crippen MR) is 34.2 cm³/mol. The molecule has 2 rings (SSSR count). The first-order valence-electron chi connectivity index (χ1n) is 3.45. The molecule has 1 heterocycles. The Balaban J connectivity index is 2.19. The molecule has 1 aliphatic carbocycles. The summed E-state index contributed by atoms with van der Waals surface area (Å²) in [7, 11) is 2.02. The largest absolute Gasteiger partial charge is 0.298 e. The lowest BCUT2D eigenvalue weighted by Crippen LogP contribution is -2.14. The molecule has 9 heavy (non-hydrogen) atoms. The van der Waals surface area contributed by atoms with Gasteiger partial charge in [0.1, 0.15) is 0 Å². The minimum atomic E-state index is 0.161. The average molecular weight is 125 g/mol. The Kier molecular flexibility index (Phi) is 0.826. The van der Waals surface area contributed by atoms with Crippen molar-refractivity contribution in [3.05, 3.63) is 0 Å². The summed E-state index contributed by atoms with van der Waals surface area (Å²) in [5, 5.41) is 0. The Labute approximate surface area is 54.8 Å². The molecular formula is C7H11NO. The zero-order valence-electron chi connectivity index (χ0n) is 5.68. The third-order valence-electron chi connectivity index (χ3n) is 2.43. The van der Waals surface area contributed by atoms with Crippen LogP contribution in [-0.4, -0.2) is 30.8 Å². The number of carbonyl (C=O) groups excluding carboxylic acids is 1. The van der Waals surface area contributed by atoms with Crippen LogP contribution < -0.4 is 0 Å². The highest BCUT2D eigenvalue weighted by Crippen LogP contribution is 2.49. The molecule has 2 aliphatic rings. The minimum absolute atomic E-state index is 0.161. The summed E-state index contributed by atoms with van der Waals surface area (Å²) in [6, 6.07) is 0. The van der Waals surface area contributed by atoms with E-state index >= 15 is 0 Å². The van der Waals surface area contributed by atoms with E-state index in [1.54, 1.807) is 0 Å². The first-order valence-corrected chi connectivity index (χ1v) is 3.45. The van der Waals surface area contributed by atoms with Gasteiger partial charge in [-0.2, -0.15) is 0 Å². The summed E-state index contributed by atoms with van der Waals surface area (Å²) in [5.74, 6) is 0.477. The van der Waals surface area contributed by atoms with Crippen LogP contribution in [0.1, 0.15) is 12.8 Å². The van der Waals surface area contributed by atoms with Gasteiger partial charge < -0.3 is 0 Å². The number of hydrogen-bond acceptors (Lipinski definition) is 2. The molecule has 1 spiro atoms. The predicted octanol–water partition coefficient (Wildman–Crippen LogP) is 0.281. The minimum Gasteiger partial charge on any atom is -0.298 e. The van der Waals surface area contributed by atoms with Gasteiger partial charge in [0.2, 0.25) is 0 Å². The fraction of sp³-hybridized carbons (Fsp3) is 0.857. The van der Waals surface area contributed by atoms with E-state index < -0.39 is 0 Å². The molecule has 2 nitrogen and oxygen atoms in total. The maximum absolute atomic E-state index is 11.1. The number of rotatable bonds is 0. The number of ketones is 1. The number of hydrogen-bond donors (Lipinski definition) is 0. The SMILES string of the molecule is CN1CC(=O)C2(CC2)C1. The van der Waals surface area contributed by atoms with Crippen LogP contribution in [0.4, 0.5) is 0 Å². The maximum Gasteiger partial charge on any atom is 0.154 e. The average Bonchev–Trinajstić information content (AvgIpc) is 2.42. The van der Waals surface area contributed by atoms with E-state index in [9.17, 15) is 4.79 Å². The van der Waals surface area contributed by atoms with Crippen molar-refractivity contribution in [3.8, 4) is 0 Å².